The van der Waals surface area contributed by atoms with Crippen molar-refractivity contribution >= 4 is 34.7 Å². The summed E-state index contributed by atoms with van der Waals surface area (Å²) in [6.07, 6.45) is 0. The van der Waals surface area contributed by atoms with Crippen LogP contribution in [0.4, 0.5) is 5.69 Å². The standard InChI is InChI=1S/C22H23ClN2O3/c1-13-5-7-16(11-15(13)3)19-20(24(4)9-10-26)22(28)25(21(19)27)17-8-6-14(2)18(23)12-17/h5-8,11-12,26H,9-10H2,1-4H3. The Morgan fingerprint density at radius 2 is 1.64 bits per heavy atom. The molecule has 0 aliphatic carbocycles. The third-order valence-corrected chi connectivity index (χ3v) is 5.49. The molecule has 28 heavy (non-hydrogen) atoms. The highest BCUT2D eigenvalue weighted by molar-refractivity contribution is 6.45. The number of hydrogen-bond acceptors (Lipinski definition) is 4. The molecule has 1 heterocycles. The molecule has 0 saturated carbocycles. The van der Waals surface area contributed by atoms with Crippen molar-refractivity contribution < 1.29 is 14.7 Å². The Morgan fingerprint density at radius 1 is 0.964 bits per heavy atom. The average molecular weight is 399 g/mol. The molecule has 2 aromatic carbocycles. The second-order valence-electron chi connectivity index (χ2n) is 7.05. The molecule has 146 valence electrons. The maximum Gasteiger partial charge on any atom is 0.282 e. The highest BCUT2D eigenvalue weighted by Gasteiger charge is 2.41. The minimum absolute atomic E-state index is 0.127. The second-order valence-corrected chi connectivity index (χ2v) is 7.45. The predicted octanol–water partition coefficient (Wildman–Crippen LogP) is 3.47. The lowest BCUT2D eigenvalue weighted by atomic mass is 9.99. The van der Waals surface area contributed by atoms with Crippen molar-refractivity contribution in [3.8, 4) is 0 Å². The number of aliphatic hydroxyl groups is 1. The minimum atomic E-state index is -0.422. The second kappa shape index (κ2) is 7.78. The predicted molar refractivity (Wildman–Crippen MR) is 111 cm³/mol. The SMILES string of the molecule is Cc1ccc(C2=C(N(C)CCO)C(=O)N(c3ccc(C)c(Cl)c3)C2=O)cc1C. The van der Waals surface area contributed by atoms with Gasteiger partial charge >= 0.3 is 0 Å². The van der Waals surface area contributed by atoms with Gasteiger partial charge in [-0.25, -0.2) is 4.90 Å². The number of imide groups is 1. The number of carbonyl (C=O) groups excluding carboxylic acids is 2. The number of carbonyl (C=O) groups is 2. The Hall–Kier alpha value is -2.63. The van der Waals surface area contributed by atoms with E-state index < -0.39 is 11.8 Å². The quantitative estimate of drug-likeness (QED) is 0.783. The summed E-state index contributed by atoms with van der Waals surface area (Å²) in [7, 11) is 1.70. The number of amides is 2. The highest BCUT2D eigenvalue weighted by atomic mass is 35.5. The first-order valence-electron chi connectivity index (χ1n) is 9.05. The number of anilines is 1. The van der Waals surface area contributed by atoms with Gasteiger partial charge in [-0.15, -0.1) is 0 Å². The fraction of sp³-hybridized carbons (Fsp3) is 0.273. The van der Waals surface area contributed by atoms with Crippen LogP contribution in [0, 0.1) is 20.8 Å². The summed E-state index contributed by atoms with van der Waals surface area (Å²) in [5.74, 6) is -0.818. The smallest absolute Gasteiger partial charge is 0.282 e. The molecule has 0 radical (unpaired) electrons. The van der Waals surface area contributed by atoms with Crippen LogP contribution < -0.4 is 4.90 Å². The van der Waals surface area contributed by atoms with E-state index in [0.717, 1.165) is 21.6 Å². The molecule has 0 spiro atoms. The molecule has 2 amide bonds. The van der Waals surface area contributed by atoms with Gasteiger partial charge in [0.05, 0.1) is 17.9 Å². The van der Waals surface area contributed by atoms with Crippen LogP contribution >= 0.6 is 11.6 Å². The molecule has 1 aliphatic heterocycles. The lowest BCUT2D eigenvalue weighted by Gasteiger charge is -2.20. The fourth-order valence-electron chi connectivity index (χ4n) is 3.25. The molecule has 0 saturated heterocycles. The number of rotatable bonds is 5. The molecule has 0 bridgehead atoms. The van der Waals surface area contributed by atoms with E-state index in [2.05, 4.69) is 0 Å². The van der Waals surface area contributed by atoms with Crippen LogP contribution in [0.25, 0.3) is 5.57 Å². The number of aryl methyl sites for hydroxylation is 3. The summed E-state index contributed by atoms with van der Waals surface area (Å²) in [4.78, 5) is 29.4. The number of benzene rings is 2. The van der Waals surface area contributed by atoms with Crippen LogP contribution in [0.1, 0.15) is 22.3 Å². The van der Waals surface area contributed by atoms with Gasteiger partial charge in [0.25, 0.3) is 11.8 Å². The van der Waals surface area contributed by atoms with Gasteiger partial charge in [0.1, 0.15) is 5.70 Å². The van der Waals surface area contributed by atoms with Gasteiger partial charge in [-0.3, -0.25) is 9.59 Å². The summed E-state index contributed by atoms with van der Waals surface area (Å²) in [5, 5.41) is 9.83. The van der Waals surface area contributed by atoms with Gasteiger partial charge < -0.3 is 10.0 Å². The molecule has 0 unspecified atom stereocenters. The molecule has 2 aromatic rings. The minimum Gasteiger partial charge on any atom is -0.395 e. The molecule has 1 N–H and O–H groups in total. The van der Waals surface area contributed by atoms with Crippen molar-refractivity contribution in [3.05, 3.63) is 69.4 Å². The number of likely N-dealkylation sites (N-methyl/N-ethyl adjacent to an activating group) is 1. The van der Waals surface area contributed by atoms with Gasteiger partial charge in [0.2, 0.25) is 0 Å². The highest BCUT2D eigenvalue weighted by Crippen LogP contribution is 2.36. The zero-order chi connectivity index (χ0) is 20.6. The first kappa shape index (κ1) is 20.1. The van der Waals surface area contributed by atoms with Crippen molar-refractivity contribution in [2.24, 2.45) is 0 Å². The Labute approximate surface area is 169 Å². The maximum atomic E-state index is 13.3. The third kappa shape index (κ3) is 3.43. The fourth-order valence-corrected chi connectivity index (χ4v) is 3.42. The van der Waals surface area contributed by atoms with Crippen molar-refractivity contribution in [1.29, 1.82) is 0 Å². The molecular formula is C22H23ClN2O3. The van der Waals surface area contributed by atoms with Gasteiger partial charge in [0.15, 0.2) is 0 Å². The van der Waals surface area contributed by atoms with Crippen molar-refractivity contribution in [3.63, 3.8) is 0 Å². The summed E-state index contributed by atoms with van der Waals surface area (Å²) >= 11 is 6.22. The Bertz CT molecular complexity index is 997. The van der Waals surface area contributed by atoms with Crippen LogP contribution in [0.2, 0.25) is 5.02 Å². The van der Waals surface area contributed by atoms with Crippen molar-refractivity contribution in [2.75, 3.05) is 25.1 Å². The molecule has 3 rings (SSSR count). The Balaban J connectivity index is 2.16. The summed E-state index contributed by atoms with van der Waals surface area (Å²) in [6.45, 7) is 5.94. The summed E-state index contributed by atoms with van der Waals surface area (Å²) in [6, 6.07) is 10.8. The molecule has 5 nitrogen and oxygen atoms in total. The maximum absolute atomic E-state index is 13.3. The van der Waals surface area contributed by atoms with E-state index in [9.17, 15) is 14.7 Å². The van der Waals surface area contributed by atoms with Gasteiger partial charge in [-0.2, -0.15) is 0 Å². The van der Waals surface area contributed by atoms with Gasteiger partial charge in [0, 0.05) is 18.6 Å². The number of halogens is 1. The van der Waals surface area contributed by atoms with E-state index in [0.29, 0.717) is 21.8 Å². The van der Waals surface area contributed by atoms with E-state index in [1.165, 1.54) is 0 Å². The largest absolute Gasteiger partial charge is 0.395 e. The number of hydrogen-bond donors (Lipinski definition) is 1. The summed E-state index contributed by atoms with van der Waals surface area (Å²) in [5.41, 5.74) is 4.73. The topological polar surface area (TPSA) is 60.9 Å². The average Bonchev–Trinajstić information content (AvgIpc) is 2.91. The lowest BCUT2D eigenvalue weighted by molar-refractivity contribution is -0.120. The van der Waals surface area contributed by atoms with Crippen molar-refractivity contribution in [1.82, 2.24) is 4.90 Å². The molecular weight excluding hydrogens is 376 g/mol. The van der Waals surface area contributed by atoms with Gasteiger partial charge in [-0.1, -0.05) is 35.9 Å². The van der Waals surface area contributed by atoms with E-state index in [4.69, 9.17) is 11.6 Å². The van der Waals surface area contributed by atoms with Gasteiger partial charge in [-0.05, 0) is 55.2 Å². The molecule has 0 atom stereocenters. The zero-order valence-electron chi connectivity index (χ0n) is 16.4. The normalized spacial score (nSPS) is 14.3. The van der Waals surface area contributed by atoms with E-state index in [1.54, 1.807) is 30.1 Å². The van der Waals surface area contributed by atoms with E-state index >= 15 is 0 Å². The first-order chi connectivity index (χ1) is 13.3. The third-order valence-electron chi connectivity index (χ3n) is 5.09. The van der Waals surface area contributed by atoms with E-state index in [-0.39, 0.29) is 18.8 Å². The van der Waals surface area contributed by atoms with Crippen LogP contribution in [-0.2, 0) is 9.59 Å². The monoisotopic (exact) mass is 398 g/mol. The first-order valence-corrected chi connectivity index (χ1v) is 9.43. The lowest BCUT2D eigenvalue weighted by Crippen LogP contribution is -2.34. The summed E-state index contributed by atoms with van der Waals surface area (Å²) < 4.78 is 0. The molecule has 0 fully saturated rings. The molecule has 6 heteroatoms. The molecule has 0 aromatic heterocycles. The number of nitrogens with zero attached hydrogens (tertiary/aromatic N) is 2. The van der Waals surface area contributed by atoms with Crippen LogP contribution in [0.15, 0.2) is 42.1 Å². The molecule has 1 aliphatic rings. The van der Waals surface area contributed by atoms with Crippen LogP contribution in [0.5, 0.6) is 0 Å². The van der Waals surface area contributed by atoms with Crippen molar-refractivity contribution in [2.45, 2.75) is 20.8 Å². The van der Waals surface area contributed by atoms with Crippen LogP contribution in [0.3, 0.4) is 0 Å². The Morgan fingerprint density at radius 3 is 2.25 bits per heavy atom. The number of aliphatic hydroxyl groups excluding tert-OH is 1. The van der Waals surface area contributed by atoms with E-state index in [1.807, 2.05) is 39.0 Å². The Kier molecular flexibility index (Phi) is 5.59. The van der Waals surface area contributed by atoms with Crippen LogP contribution in [-0.4, -0.2) is 42.0 Å². The zero-order valence-corrected chi connectivity index (χ0v) is 17.2.